The van der Waals surface area contributed by atoms with Gasteiger partial charge < -0.3 is 20.0 Å². The third kappa shape index (κ3) is 4.96. The Morgan fingerprint density at radius 2 is 1.93 bits per heavy atom. The molecule has 0 bridgehead atoms. The number of nitrogens with zero attached hydrogens (tertiary/aromatic N) is 3. The summed E-state index contributed by atoms with van der Waals surface area (Å²) in [5.74, 6) is 1.81. The van der Waals surface area contributed by atoms with Crippen molar-refractivity contribution in [1.29, 1.82) is 0 Å². The zero-order valence-corrected chi connectivity index (χ0v) is 18.6. The Balaban J connectivity index is 1.77. The van der Waals surface area contributed by atoms with E-state index in [9.17, 15) is 9.00 Å². The van der Waals surface area contributed by atoms with Crippen molar-refractivity contribution >= 4 is 34.4 Å². The average Bonchev–Trinajstić information content (AvgIpc) is 3.32. The summed E-state index contributed by atoms with van der Waals surface area (Å²) in [6.45, 7) is 6.25. The highest BCUT2D eigenvalue weighted by Crippen LogP contribution is 2.24. The van der Waals surface area contributed by atoms with Gasteiger partial charge in [0.2, 0.25) is 0 Å². The molecular weight excluding hydrogens is 402 g/mol. The van der Waals surface area contributed by atoms with Crippen LogP contribution in [0.2, 0.25) is 0 Å². The van der Waals surface area contributed by atoms with E-state index in [2.05, 4.69) is 33.3 Å². The number of hydrogen-bond donors (Lipinski definition) is 2. The summed E-state index contributed by atoms with van der Waals surface area (Å²) in [7, 11) is 3.40. The lowest BCUT2D eigenvalue weighted by atomic mass is 10.1. The van der Waals surface area contributed by atoms with Gasteiger partial charge in [0.05, 0.1) is 12.3 Å². The molecule has 8 nitrogen and oxygen atoms in total. The molecule has 3 rings (SSSR count). The molecule has 1 aliphatic heterocycles. The zero-order valence-electron chi connectivity index (χ0n) is 17.8. The van der Waals surface area contributed by atoms with Crippen LogP contribution in [-0.4, -0.2) is 40.8 Å². The van der Waals surface area contributed by atoms with Crippen LogP contribution in [0, 0.1) is 0 Å². The molecule has 30 heavy (non-hydrogen) atoms. The maximum atomic E-state index is 12.2. The number of amidine groups is 2. The molecule has 9 heteroatoms. The number of nitrogens with one attached hydrogen (secondary N) is 2. The molecule has 0 saturated carbocycles. The van der Waals surface area contributed by atoms with E-state index in [0.29, 0.717) is 28.8 Å². The summed E-state index contributed by atoms with van der Waals surface area (Å²) in [6, 6.07) is 8.94. The van der Waals surface area contributed by atoms with Gasteiger partial charge in [-0.2, -0.15) is 0 Å². The third-order valence-corrected chi connectivity index (χ3v) is 5.39. The molecule has 0 aliphatic carbocycles. The minimum absolute atomic E-state index is 0.104. The van der Waals surface area contributed by atoms with Gasteiger partial charge in [0.15, 0.2) is 11.7 Å². The van der Waals surface area contributed by atoms with Crippen molar-refractivity contribution < 1.29 is 13.4 Å². The minimum Gasteiger partial charge on any atom is -0.467 e. The molecule has 2 atom stereocenters. The van der Waals surface area contributed by atoms with Crippen LogP contribution in [-0.2, 0) is 11.2 Å². The van der Waals surface area contributed by atoms with Gasteiger partial charge in [0.25, 0.3) is 17.1 Å². The van der Waals surface area contributed by atoms with Gasteiger partial charge in [-0.1, -0.05) is 26.8 Å². The first kappa shape index (κ1) is 21.8. The molecule has 2 unspecified atom stereocenters. The molecule has 0 spiro atoms. The van der Waals surface area contributed by atoms with Crippen LogP contribution < -0.4 is 10.6 Å². The maximum absolute atomic E-state index is 12.2. The highest BCUT2D eigenvalue weighted by atomic mass is 32.2. The van der Waals surface area contributed by atoms with Crippen LogP contribution in [0.25, 0.3) is 0 Å². The monoisotopic (exact) mass is 429 g/mol. The van der Waals surface area contributed by atoms with Crippen LogP contribution in [0.5, 0.6) is 0 Å². The van der Waals surface area contributed by atoms with Gasteiger partial charge in [-0.15, -0.1) is 8.80 Å². The number of rotatable bonds is 6. The van der Waals surface area contributed by atoms with E-state index in [0.717, 1.165) is 17.7 Å². The molecule has 1 aromatic carbocycles. The number of carbonyl (C=O) groups is 1. The molecule has 1 aliphatic rings. The summed E-state index contributed by atoms with van der Waals surface area (Å²) < 4.78 is 25.9. The van der Waals surface area contributed by atoms with E-state index in [-0.39, 0.29) is 11.9 Å². The van der Waals surface area contributed by atoms with Gasteiger partial charge in [-0.05, 0) is 42.2 Å². The number of furan rings is 1. The summed E-state index contributed by atoms with van der Waals surface area (Å²) in [6.07, 6.45) is 2.51. The fourth-order valence-corrected chi connectivity index (χ4v) is 3.58. The van der Waals surface area contributed by atoms with E-state index < -0.39 is 11.2 Å². The summed E-state index contributed by atoms with van der Waals surface area (Å²) in [4.78, 5) is 13.7. The Kier molecular flexibility index (Phi) is 6.71. The number of amides is 1. The first-order valence-electron chi connectivity index (χ1n) is 9.81. The second-order valence-corrected chi connectivity index (χ2v) is 8.38. The van der Waals surface area contributed by atoms with Crippen LogP contribution in [0.4, 0.5) is 5.69 Å². The molecule has 1 aromatic heterocycles. The van der Waals surface area contributed by atoms with Gasteiger partial charge in [-0.25, -0.2) is 4.21 Å². The zero-order chi connectivity index (χ0) is 21.8. The molecule has 2 N–H and O–H groups in total. The predicted octanol–water partition coefficient (Wildman–Crippen LogP) is 3.65. The van der Waals surface area contributed by atoms with Gasteiger partial charge in [0, 0.05) is 25.3 Å². The van der Waals surface area contributed by atoms with Crippen LogP contribution in [0.1, 0.15) is 60.8 Å². The number of anilines is 1. The highest BCUT2D eigenvalue weighted by Gasteiger charge is 2.24. The van der Waals surface area contributed by atoms with Crippen molar-refractivity contribution in [2.75, 3.05) is 19.4 Å². The standard InChI is InChI=1S/C21H27N5O3S/c1-6-17(18-11-15(12-29-18)13(2)3)23-20-19(24-30(28)25-20)22-16-9-7-8-14(10-16)21(27)26(4)5/h7-13,17H,6H2,1-5H3,(H,22,24)(H,23,25). The summed E-state index contributed by atoms with van der Waals surface area (Å²) >= 11 is -1.71. The Morgan fingerprint density at radius 3 is 2.57 bits per heavy atom. The second kappa shape index (κ2) is 9.25. The molecule has 2 aromatic rings. The first-order chi connectivity index (χ1) is 14.3. The van der Waals surface area contributed by atoms with Crippen molar-refractivity contribution in [2.45, 2.75) is 39.2 Å². The fourth-order valence-electron chi connectivity index (χ4n) is 2.96. The molecular formula is C21H27N5O3S. The van der Waals surface area contributed by atoms with Crippen molar-refractivity contribution in [3.05, 3.63) is 53.5 Å². The largest absolute Gasteiger partial charge is 0.467 e. The topological polar surface area (TPSA) is 99.3 Å². The van der Waals surface area contributed by atoms with Crippen molar-refractivity contribution in [1.82, 2.24) is 10.2 Å². The predicted molar refractivity (Wildman–Crippen MR) is 120 cm³/mol. The highest BCUT2D eigenvalue weighted by molar-refractivity contribution is 7.83. The van der Waals surface area contributed by atoms with E-state index >= 15 is 0 Å². The van der Waals surface area contributed by atoms with Crippen LogP contribution >= 0.6 is 0 Å². The van der Waals surface area contributed by atoms with Gasteiger partial charge in [0.1, 0.15) is 5.76 Å². The Morgan fingerprint density at radius 1 is 1.20 bits per heavy atom. The Bertz CT molecular complexity index is 1010. The van der Waals surface area contributed by atoms with Crippen molar-refractivity contribution in [3.8, 4) is 0 Å². The molecule has 1 amide bonds. The van der Waals surface area contributed by atoms with E-state index in [1.165, 1.54) is 4.90 Å². The second-order valence-electron chi connectivity index (χ2n) is 7.56. The van der Waals surface area contributed by atoms with Crippen molar-refractivity contribution in [2.24, 2.45) is 8.80 Å². The Labute approximate surface area is 179 Å². The molecule has 0 radical (unpaired) electrons. The van der Waals surface area contributed by atoms with Gasteiger partial charge >= 0.3 is 0 Å². The molecule has 0 fully saturated rings. The van der Waals surface area contributed by atoms with E-state index in [1.807, 2.05) is 19.1 Å². The van der Waals surface area contributed by atoms with E-state index in [4.69, 9.17) is 4.42 Å². The summed E-state index contributed by atoms with van der Waals surface area (Å²) in [5, 5.41) is 6.41. The maximum Gasteiger partial charge on any atom is 0.269 e. The van der Waals surface area contributed by atoms with Crippen LogP contribution in [0.3, 0.4) is 0 Å². The molecule has 160 valence electrons. The SMILES string of the molecule is CCC(NC1=NS(=O)N=C1Nc1cccc(C(=O)N(C)C)c1)c1cc(C(C)C)co1. The number of hydrogen-bond acceptors (Lipinski definition) is 5. The normalized spacial score (nSPS) is 16.8. The fraction of sp³-hybridized carbons (Fsp3) is 0.381. The number of benzene rings is 1. The van der Waals surface area contributed by atoms with Crippen LogP contribution in [0.15, 0.2) is 49.8 Å². The quantitative estimate of drug-likeness (QED) is 0.730. The van der Waals surface area contributed by atoms with E-state index in [1.54, 1.807) is 38.6 Å². The number of carbonyl (C=O) groups excluding carboxylic acids is 1. The molecule has 0 saturated heterocycles. The van der Waals surface area contributed by atoms with Crippen molar-refractivity contribution in [3.63, 3.8) is 0 Å². The lowest BCUT2D eigenvalue weighted by Crippen LogP contribution is -2.36. The first-order valence-corrected chi connectivity index (χ1v) is 10.9. The third-order valence-electron chi connectivity index (χ3n) is 4.71. The Hall–Kier alpha value is -2.94. The summed E-state index contributed by atoms with van der Waals surface area (Å²) in [5.41, 5.74) is 2.32. The smallest absolute Gasteiger partial charge is 0.269 e. The lowest BCUT2D eigenvalue weighted by Gasteiger charge is -2.17. The minimum atomic E-state index is -1.71. The van der Waals surface area contributed by atoms with Gasteiger partial charge in [-0.3, -0.25) is 4.79 Å². The average molecular weight is 430 g/mol. The lowest BCUT2D eigenvalue weighted by molar-refractivity contribution is 0.0827. The molecule has 2 heterocycles.